The average molecular weight is 351 g/mol. The monoisotopic (exact) mass is 351 g/mol. The highest BCUT2D eigenvalue weighted by Crippen LogP contribution is 2.24. The predicted octanol–water partition coefficient (Wildman–Crippen LogP) is 3.87. The summed E-state index contributed by atoms with van der Waals surface area (Å²) >= 11 is 0. The summed E-state index contributed by atoms with van der Waals surface area (Å²) in [6.07, 6.45) is 4.73. The molecule has 0 amide bonds. The lowest BCUT2D eigenvalue weighted by Gasteiger charge is -2.31. The second kappa shape index (κ2) is 7.75. The van der Waals surface area contributed by atoms with E-state index < -0.39 is 0 Å². The maximum Gasteiger partial charge on any atom is 0.185 e. The molecule has 0 aromatic heterocycles. The van der Waals surface area contributed by atoms with Crippen LogP contribution in [0.4, 0.5) is 5.69 Å². The van der Waals surface area contributed by atoms with Gasteiger partial charge in [-0.2, -0.15) is 0 Å². The van der Waals surface area contributed by atoms with Crippen LogP contribution in [-0.4, -0.2) is 35.2 Å². The van der Waals surface area contributed by atoms with E-state index in [2.05, 4.69) is 4.90 Å². The number of anilines is 1. The third-order valence-electron chi connectivity index (χ3n) is 4.92. The first-order valence-electron chi connectivity index (χ1n) is 9.00. The van der Waals surface area contributed by atoms with Crippen LogP contribution in [0.3, 0.4) is 0 Å². The van der Waals surface area contributed by atoms with Crippen molar-refractivity contribution in [3.8, 4) is 5.75 Å². The van der Waals surface area contributed by atoms with Crippen LogP contribution in [0.5, 0.6) is 5.75 Å². The molecule has 1 aliphatic heterocycles. The van der Waals surface area contributed by atoms with E-state index in [1.54, 1.807) is 12.2 Å². The Morgan fingerprint density at radius 3 is 2.23 bits per heavy atom. The molecule has 1 fully saturated rings. The number of rotatable bonds is 4. The number of carbonyl (C=O) groups excluding carboxylic acids is 1. The topological polar surface area (TPSA) is 60.8 Å². The third-order valence-corrected chi connectivity index (χ3v) is 4.92. The molecule has 1 saturated heterocycles. The van der Waals surface area contributed by atoms with Gasteiger partial charge >= 0.3 is 0 Å². The van der Waals surface area contributed by atoms with Crippen molar-refractivity contribution in [2.24, 2.45) is 0 Å². The van der Waals surface area contributed by atoms with Gasteiger partial charge in [0.2, 0.25) is 0 Å². The number of ketones is 1. The van der Waals surface area contributed by atoms with E-state index in [1.807, 2.05) is 50.2 Å². The van der Waals surface area contributed by atoms with Crippen LogP contribution in [0, 0.1) is 13.8 Å². The maximum atomic E-state index is 12.4. The lowest BCUT2D eigenvalue weighted by atomic mass is 10.0. The molecule has 0 aliphatic carbocycles. The predicted molar refractivity (Wildman–Crippen MR) is 105 cm³/mol. The second-order valence-corrected chi connectivity index (χ2v) is 6.97. The van der Waals surface area contributed by atoms with Gasteiger partial charge in [-0.25, -0.2) is 0 Å². The van der Waals surface area contributed by atoms with Gasteiger partial charge in [0.25, 0.3) is 0 Å². The van der Waals surface area contributed by atoms with Crippen LogP contribution in [0.25, 0.3) is 6.08 Å². The number of aliphatic hydroxyl groups excluding tert-OH is 1. The normalized spacial score (nSPS) is 15.6. The maximum absolute atomic E-state index is 12.4. The van der Waals surface area contributed by atoms with Crippen molar-refractivity contribution in [1.29, 1.82) is 0 Å². The lowest BCUT2D eigenvalue weighted by molar-refractivity contribution is 0.104. The number of phenols is 1. The van der Waals surface area contributed by atoms with Gasteiger partial charge in [0.15, 0.2) is 5.78 Å². The molecular weight excluding hydrogens is 326 g/mol. The summed E-state index contributed by atoms with van der Waals surface area (Å²) in [5.74, 6) is 0.253. The zero-order valence-electron chi connectivity index (χ0n) is 15.3. The molecule has 3 rings (SSSR count). The van der Waals surface area contributed by atoms with Gasteiger partial charge in [0.05, 0.1) is 6.10 Å². The zero-order valence-corrected chi connectivity index (χ0v) is 15.3. The van der Waals surface area contributed by atoms with Crippen LogP contribution >= 0.6 is 0 Å². The molecule has 0 atom stereocenters. The van der Waals surface area contributed by atoms with Crippen molar-refractivity contribution < 1.29 is 15.0 Å². The van der Waals surface area contributed by atoms with Crippen LogP contribution < -0.4 is 4.90 Å². The Hall–Kier alpha value is -2.59. The van der Waals surface area contributed by atoms with Crippen LogP contribution in [0.2, 0.25) is 0 Å². The highest BCUT2D eigenvalue weighted by molar-refractivity contribution is 6.07. The van der Waals surface area contributed by atoms with Gasteiger partial charge in [-0.1, -0.05) is 6.08 Å². The Kier molecular flexibility index (Phi) is 5.43. The number of aryl methyl sites for hydroxylation is 2. The number of carbonyl (C=O) groups is 1. The molecule has 2 N–H and O–H groups in total. The summed E-state index contributed by atoms with van der Waals surface area (Å²) in [7, 11) is 0. The van der Waals surface area contributed by atoms with Gasteiger partial charge in [-0.15, -0.1) is 0 Å². The van der Waals surface area contributed by atoms with Crippen molar-refractivity contribution in [3.63, 3.8) is 0 Å². The summed E-state index contributed by atoms with van der Waals surface area (Å²) in [6.45, 7) is 5.38. The van der Waals surface area contributed by atoms with E-state index >= 15 is 0 Å². The SMILES string of the molecule is Cc1cc(C=CC(=O)c2ccc(N3CCC(O)CC3)cc2)cc(C)c1O. The van der Waals surface area contributed by atoms with Crippen molar-refractivity contribution in [3.05, 3.63) is 64.7 Å². The molecule has 2 aromatic carbocycles. The number of aliphatic hydroxyl groups is 1. The summed E-state index contributed by atoms with van der Waals surface area (Å²) < 4.78 is 0. The standard InChI is InChI=1S/C22H25NO3/c1-15-13-17(14-16(2)22(15)26)3-8-21(25)18-4-6-19(7-5-18)23-11-9-20(24)10-12-23/h3-8,13-14,20,24,26H,9-12H2,1-2H3. The fourth-order valence-electron chi connectivity index (χ4n) is 3.31. The smallest absolute Gasteiger partial charge is 0.185 e. The van der Waals surface area contributed by atoms with Crippen molar-refractivity contribution in [2.45, 2.75) is 32.8 Å². The Balaban J connectivity index is 1.68. The largest absolute Gasteiger partial charge is 0.507 e. The first kappa shape index (κ1) is 18.2. The minimum absolute atomic E-state index is 0.0472. The number of hydrogen-bond acceptors (Lipinski definition) is 4. The second-order valence-electron chi connectivity index (χ2n) is 6.97. The lowest BCUT2D eigenvalue weighted by Crippen LogP contribution is -2.35. The van der Waals surface area contributed by atoms with E-state index in [4.69, 9.17) is 0 Å². The average Bonchev–Trinajstić information content (AvgIpc) is 2.65. The highest BCUT2D eigenvalue weighted by Gasteiger charge is 2.17. The molecule has 0 radical (unpaired) electrons. The Morgan fingerprint density at radius 2 is 1.65 bits per heavy atom. The molecule has 4 nitrogen and oxygen atoms in total. The van der Waals surface area contributed by atoms with Crippen molar-refractivity contribution >= 4 is 17.5 Å². The minimum atomic E-state index is -0.190. The number of nitrogens with zero attached hydrogens (tertiary/aromatic N) is 1. The molecule has 1 aliphatic rings. The molecule has 0 saturated carbocycles. The number of aromatic hydroxyl groups is 1. The Morgan fingerprint density at radius 1 is 1.08 bits per heavy atom. The molecule has 0 unspecified atom stereocenters. The van der Waals surface area contributed by atoms with Gasteiger partial charge in [0.1, 0.15) is 5.75 Å². The number of benzene rings is 2. The van der Waals surface area contributed by atoms with Gasteiger partial charge in [-0.05, 0) is 85.9 Å². The van der Waals surface area contributed by atoms with E-state index in [0.717, 1.165) is 48.3 Å². The van der Waals surface area contributed by atoms with Crippen molar-refractivity contribution in [2.75, 3.05) is 18.0 Å². The van der Waals surface area contributed by atoms with Crippen molar-refractivity contribution in [1.82, 2.24) is 0 Å². The Labute approximate surface area is 154 Å². The molecule has 26 heavy (non-hydrogen) atoms. The van der Waals surface area contributed by atoms with Gasteiger partial charge in [-0.3, -0.25) is 4.79 Å². The first-order chi connectivity index (χ1) is 12.4. The molecule has 136 valence electrons. The third kappa shape index (κ3) is 4.14. The van der Waals surface area contributed by atoms with E-state index in [9.17, 15) is 15.0 Å². The molecular formula is C22H25NO3. The zero-order chi connectivity index (χ0) is 18.7. The number of hydrogen-bond donors (Lipinski definition) is 2. The molecule has 2 aromatic rings. The quantitative estimate of drug-likeness (QED) is 0.648. The summed E-state index contributed by atoms with van der Waals surface area (Å²) in [5.41, 5.74) is 4.23. The summed E-state index contributed by atoms with van der Waals surface area (Å²) in [5, 5.41) is 19.4. The van der Waals surface area contributed by atoms with E-state index in [-0.39, 0.29) is 11.9 Å². The first-order valence-corrected chi connectivity index (χ1v) is 9.00. The number of allylic oxidation sites excluding steroid dienone is 1. The van der Waals surface area contributed by atoms with E-state index in [0.29, 0.717) is 11.3 Å². The fraction of sp³-hybridized carbons (Fsp3) is 0.318. The van der Waals surface area contributed by atoms with E-state index in [1.165, 1.54) is 0 Å². The van der Waals surface area contributed by atoms with Gasteiger partial charge < -0.3 is 15.1 Å². The summed E-state index contributed by atoms with van der Waals surface area (Å²) in [6, 6.07) is 11.3. The summed E-state index contributed by atoms with van der Waals surface area (Å²) in [4.78, 5) is 14.6. The van der Waals surface area contributed by atoms with Crippen LogP contribution in [0.15, 0.2) is 42.5 Å². The highest BCUT2D eigenvalue weighted by atomic mass is 16.3. The molecule has 1 heterocycles. The van der Waals surface area contributed by atoms with Gasteiger partial charge in [0, 0.05) is 24.3 Å². The molecule has 0 spiro atoms. The molecule has 0 bridgehead atoms. The molecule has 4 heteroatoms. The fourth-order valence-corrected chi connectivity index (χ4v) is 3.31. The number of phenolic OH excluding ortho intramolecular Hbond substituents is 1. The Bertz CT molecular complexity index is 793. The van der Waals surface area contributed by atoms with Crippen LogP contribution in [-0.2, 0) is 0 Å². The number of piperidine rings is 1. The van der Waals surface area contributed by atoms with Crippen LogP contribution in [0.1, 0.15) is 39.9 Å². The minimum Gasteiger partial charge on any atom is -0.507 e.